The molecule has 1 unspecified atom stereocenters. The maximum absolute atomic E-state index is 13.3. The fourth-order valence-electron chi connectivity index (χ4n) is 5.00. The number of carbonyl (C=O) groups excluding carboxylic acids is 1. The Balaban J connectivity index is 1.41. The summed E-state index contributed by atoms with van der Waals surface area (Å²) in [7, 11) is 0. The lowest BCUT2D eigenvalue weighted by Crippen LogP contribution is -2.41. The van der Waals surface area contributed by atoms with Gasteiger partial charge in [-0.3, -0.25) is 4.79 Å². The Hall–Kier alpha value is -1.42. The molecule has 0 aromatic heterocycles. The number of amides is 1. The molecule has 1 spiro atoms. The Bertz CT molecular complexity index is 601. The van der Waals surface area contributed by atoms with Gasteiger partial charge in [-0.2, -0.15) is 0 Å². The summed E-state index contributed by atoms with van der Waals surface area (Å²) in [5.41, 5.74) is 1.46. The summed E-state index contributed by atoms with van der Waals surface area (Å²) in [5, 5.41) is 6.65. The van der Waals surface area contributed by atoms with Crippen molar-refractivity contribution in [3.63, 3.8) is 0 Å². The van der Waals surface area contributed by atoms with Crippen LogP contribution >= 0.6 is 0 Å². The monoisotopic (exact) mass is 330 g/mol. The van der Waals surface area contributed by atoms with Gasteiger partial charge in [0.15, 0.2) is 0 Å². The van der Waals surface area contributed by atoms with Crippen molar-refractivity contribution in [2.75, 3.05) is 19.6 Å². The zero-order valence-corrected chi connectivity index (χ0v) is 14.2. The lowest BCUT2D eigenvalue weighted by molar-refractivity contribution is -0.123. The van der Waals surface area contributed by atoms with Crippen molar-refractivity contribution in [1.29, 1.82) is 0 Å². The number of rotatable bonds is 4. The van der Waals surface area contributed by atoms with Crippen molar-refractivity contribution >= 4 is 5.91 Å². The topological polar surface area (TPSA) is 41.1 Å². The van der Waals surface area contributed by atoms with Gasteiger partial charge < -0.3 is 10.6 Å². The van der Waals surface area contributed by atoms with Gasteiger partial charge in [-0.15, -0.1) is 0 Å². The number of hydrogen-bond donors (Lipinski definition) is 2. The molecule has 2 aliphatic carbocycles. The average Bonchev–Trinajstić information content (AvgIpc) is 3.07. The number of piperidine rings is 1. The maximum Gasteiger partial charge on any atom is 0.223 e. The smallest absolute Gasteiger partial charge is 0.223 e. The molecule has 2 N–H and O–H groups in total. The first-order chi connectivity index (χ1) is 11.6. The fourth-order valence-corrected chi connectivity index (χ4v) is 5.00. The van der Waals surface area contributed by atoms with Crippen molar-refractivity contribution in [3.8, 4) is 0 Å². The summed E-state index contributed by atoms with van der Waals surface area (Å²) >= 11 is 0. The van der Waals surface area contributed by atoms with Gasteiger partial charge in [-0.25, -0.2) is 4.39 Å². The minimum Gasteiger partial charge on any atom is -0.355 e. The van der Waals surface area contributed by atoms with E-state index >= 15 is 0 Å². The van der Waals surface area contributed by atoms with E-state index < -0.39 is 0 Å². The molecular formula is C20H27FN2O. The van der Waals surface area contributed by atoms with Crippen LogP contribution in [0.4, 0.5) is 4.39 Å². The van der Waals surface area contributed by atoms with Gasteiger partial charge >= 0.3 is 0 Å². The van der Waals surface area contributed by atoms with Gasteiger partial charge in [0.2, 0.25) is 5.91 Å². The van der Waals surface area contributed by atoms with Crippen LogP contribution in [0.1, 0.15) is 50.5 Å². The van der Waals surface area contributed by atoms with Crippen LogP contribution in [0.15, 0.2) is 24.3 Å². The van der Waals surface area contributed by atoms with Crippen LogP contribution in [0.3, 0.4) is 0 Å². The molecule has 3 aliphatic rings. The molecule has 24 heavy (non-hydrogen) atoms. The normalized spacial score (nSPS) is 27.1. The second-order valence-electron chi connectivity index (χ2n) is 8.08. The summed E-state index contributed by atoms with van der Waals surface area (Å²) in [6.45, 7) is 2.79. The molecule has 4 heteroatoms. The second-order valence-corrected chi connectivity index (χ2v) is 8.08. The Kier molecular flexibility index (Phi) is 4.11. The molecular weight excluding hydrogens is 303 g/mol. The third-order valence-electron chi connectivity index (χ3n) is 6.72. The van der Waals surface area contributed by atoms with E-state index in [-0.39, 0.29) is 28.5 Å². The Morgan fingerprint density at radius 2 is 1.79 bits per heavy atom. The Morgan fingerprint density at radius 3 is 2.46 bits per heavy atom. The molecule has 1 aromatic carbocycles. The molecule has 1 heterocycles. The average molecular weight is 330 g/mol. The van der Waals surface area contributed by atoms with Gasteiger partial charge in [0.05, 0.1) is 0 Å². The molecule has 3 nitrogen and oxygen atoms in total. The van der Waals surface area contributed by atoms with E-state index in [9.17, 15) is 9.18 Å². The highest BCUT2D eigenvalue weighted by atomic mass is 19.1. The largest absolute Gasteiger partial charge is 0.355 e. The van der Waals surface area contributed by atoms with E-state index in [0.717, 1.165) is 45.2 Å². The predicted octanol–water partition coefficient (Wildman–Crippen LogP) is 3.14. The molecule has 1 aromatic rings. The molecule has 0 radical (unpaired) electrons. The molecule has 1 saturated heterocycles. The first-order valence-corrected chi connectivity index (χ1v) is 9.38. The molecule has 1 aliphatic heterocycles. The van der Waals surface area contributed by atoms with Crippen LogP contribution in [0.2, 0.25) is 0 Å². The Labute approximate surface area is 143 Å². The number of hydrogen-bond acceptors (Lipinski definition) is 2. The minimum absolute atomic E-state index is 0.000463. The molecule has 1 amide bonds. The van der Waals surface area contributed by atoms with Crippen LogP contribution in [0, 0.1) is 17.2 Å². The SMILES string of the molecule is O=C(NCC1(c2ccc(F)cc2)CCCC1)C1CC12CCNCC2. The van der Waals surface area contributed by atoms with Gasteiger partial charge in [-0.1, -0.05) is 25.0 Å². The summed E-state index contributed by atoms with van der Waals surface area (Å²) in [4.78, 5) is 12.7. The highest BCUT2D eigenvalue weighted by Crippen LogP contribution is 2.58. The minimum atomic E-state index is -0.193. The molecule has 0 bridgehead atoms. The van der Waals surface area contributed by atoms with Crippen molar-refractivity contribution < 1.29 is 9.18 Å². The van der Waals surface area contributed by atoms with E-state index in [0.29, 0.717) is 6.54 Å². The number of carbonyl (C=O) groups is 1. The lowest BCUT2D eigenvalue weighted by Gasteiger charge is -2.30. The summed E-state index contributed by atoms with van der Waals surface area (Å²) in [5.74, 6) is 0.262. The highest BCUT2D eigenvalue weighted by Gasteiger charge is 2.57. The molecule has 3 fully saturated rings. The third kappa shape index (κ3) is 2.85. The van der Waals surface area contributed by atoms with Crippen LogP contribution in [0.5, 0.6) is 0 Å². The van der Waals surface area contributed by atoms with Gasteiger partial charge in [0.25, 0.3) is 0 Å². The van der Waals surface area contributed by atoms with Crippen molar-refractivity contribution in [2.24, 2.45) is 11.3 Å². The summed E-state index contributed by atoms with van der Waals surface area (Å²) in [6.07, 6.45) is 7.86. The van der Waals surface area contributed by atoms with Crippen LogP contribution < -0.4 is 10.6 Å². The fraction of sp³-hybridized carbons (Fsp3) is 0.650. The first-order valence-electron chi connectivity index (χ1n) is 9.38. The quantitative estimate of drug-likeness (QED) is 0.890. The maximum atomic E-state index is 13.3. The number of benzene rings is 1. The third-order valence-corrected chi connectivity index (χ3v) is 6.72. The Morgan fingerprint density at radius 1 is 1.12 bits per heavy atom. The van der Waals surface area contributed by atoms with Crippen molar-refractivity contribution in [2.45, 2.75) is 50.4 Å². The van der Waals surface area contributed by atoms with E-state index in [4.69, 9.17) is 0 Å². The van der Waals surface area contributed by atoms with E-state index in [2.05, 4.69) is 10.6 Å². The molecule has 130 valence electrons. The zero-order chi connectivity index (χ0) is 16.6. The summed E-state index contributed by atoms with van der Waals surface area (Å²) in [6, 6.07) is 6.89. The highest BCUT2D eigenvalue weighted by molar-refractivity contribution is 5.82. The van der Waals surface area contributed by atoms with Crippen molar-refractivity contribution in [3.05, 3.63) is 35.6 Å². The van der Waals surface area contributed by atoms with E-state index in [1.54, 1.807) is 12.1 Å². The van der Waals surface area contributed by atoms with Crippen LogP contribution in [0.25, 0.3) is 0 Å². The van der Waals surface area contributed by atoms with Crippen LogP contribution in [-0.4, -0.2) is 25.5 Å². The van der Waals surface area contributed by atoms with Gasteiger partial charge in [0.1, 0.15) is 5.82 Å². The predicted molar refractivity (Wildman–Crippen MR) is 92.2 cm³/mol. The number of halogens is 1. The van der Waals surface area contributed by atoms with Crippen molar-refractivity contribution in [1.82, 2.24) is 10.6 Å². The molecule has 1 atom stereocenters. The van der Waals surface area contributed by atoms with Crippen LogP contribution in [-0.2, 0) is 10.2 Å². The number of nitrogens with one attached hydrogen (secondary N) is 2. The summed E-state index contributed by atoms with van der Waals surface area (Å²) < 4.78 is 13.3. The van der Waals surface area contributed by atoms with E-state index in [1.807, 2.05) is 12.1 Å². The van der Waals surface area contributed by atoms with Gasteiger partial charge in [0, 0.05) is 17.9 Å². The lowest BCUT2D eigenvalue weighted by atomic mass is 9.78. The molecule has 4 rings (SSSR count). The molecule has 2 saturated carbocycles. The zero-order valence-electron chi connectivity index (χ0n) is 14.2. The van der Waals surface area contributed by atoms with E-state index in [1.165, 1.54) is 18.4 Å². The second kappa shape index (κ2) is 6.14. The first kappa shape index (κ1) is 16.1. The standard InChI is InChI=1S/C20H27FN2O/c21-16-5-3-15(4-6-16)20(7-1-2-8-20)14-23-18(24)17-13-19(17)9-11-22-12-10-19/h3-6,17,22H,1-2,7-14H2,(H,23,24). The van der Waals surface area contributed by atoms with Gasteiger partial charge in [-0.05, 0) is 68.3 Å².